The monoisotopic (exact) mass is 231 g/mol. The van der Waals surface area contributed by atoms with Crippen LogP contribution < -0.4 is 0 Å². The summed E-state index contributed by atoms with van der Waals surface area (Å²) < 4.78 is 4.86. The number of aliphatic hydroxyl groups is 3. The van der Waals surface area contributed by atoms with E-state index in [9.17, 15) is 15.0 Å². The molecule has 92 valence electrons. The Morgan fingerprint density at radius 1 is 1.50 bits per heavy atom. The van der Waals surface area contributed by atoms with Crippen molar-refractivity contribution in [3.05, 3.63) is 0 Å². The van der Waals surface area contributed by atoms with E-state index in [2.05, 4.69) is 4.99 Å². The van der Waals surface area contributed by atoms with E-state index in [1.807, 2.05) is 6.92 Å². The Morgan fingerprint density at radius 3 is 2.69 bits per heavy atom. The van der Waals surface area contributed by atoms with E-state index in [0.717, 1.165) is 0 Å². The van der Waals surface area contributed by atoms with Gasteiger partial charge in [-0.1, -0.05) is 6.92 Å². The van der Waals surface area contributed by atoms with Gasteiger partial charge in [-0.2, -0.15) is 0 Å². The molecule has 6 nitrogen and oxygen atoms in total. The highest BCUT2D eigenvalue weighted by atomic mass is 16.5. The molecular formula is C10H17NO5. The molecule has 1 rings (SSSR count). The Bertz CT molecular complexity index is 278. The van der Waals surface area contributed by atoms with E-state index in [1.54, 1.807) is 0 Å². The lowest BCUT2D eigenvalue weighted by Gasteiger charge is -2.13. The van der Waals surface area contributed by atoms with Crippen molar-refractivity contribution in [2.24, 2.45) is 4.99 Å². The van der Waals surface area contributed by atoms with Crippen LogP contribution in [-0.4, -0.2) is 58.5 Å². The Kier molecular flexibility index (Phi) is 4.85. The number of ether oxygens (including phenoxy) is 1. The summed E-state index contributed by atoms with van der Waals surface area (Å²) in [5.41, 5.74) is 0.205. The molecule has 0 saturated carbocycles. The molecular weight excluding hydrogens is 214 g/mol. The number of esters is 1. The first-order valence-electron chi connectivity index (χ1n) is 5.29. The largest absolute Gasteiger partial charge is 0.459 e. The van der Waals surface area contributed by atoms with E-state index < -0.39 is 18.2 Å². The molecule has 0 aromatic heterocycles. The number of rotatable bonds is 5. The smallest absolute Gasteiger partial charge is 0.306 e. The second-order valence-corrected chi connectivity index (χ2v) is 3.72. The van der Waals surface area contributed by atoms with Gasteiger partial charge in [0.25, 0.3) is 0 Å². The van der Waals surface area contributed by atoms with Crippen molar-refractivity contribution in [3.8, 4) is 0 Å². The molecule has 0 unspecified atom stereocenters. The van der Waals surface area contributed by atoms with Crippen molar-refractivity contribution in [3.63, 3.8) is 0 Å². The number of nitrogens with zero attached hydrogens (tertiary/aromatic N) is 1. The number of hydrogen-bond acceptors (Lipinski definition) is 6. The molecule has 16 heavy (non-hydrogen) atoms. The minimum Gasteiger partial charge on any atom is -0.459 e. The second-order valence-electron chi connectivity index (χ2n) is 3.72. The topological polar surface area (TPSA) is 99.4 Å². The van der Waals surface area contributed by atoms with Gasteiger partial charge in [0, 0.05) is 6.42 Å². The lowest BCUT2D eigenvalue weighted by molar-refractivity contribution is -0.142. The standard InChI is InChI=1S/C10H17NO5/c1-2-3-8(13)16-5-7-10(15)9(14)6(4-12)11-7/h6,9-10,12,14-15H,2-5H2,1H3/t6-,9-,10-/m1/s1. The molecule has 0 aromatic carbocycles. The fourth-order valence-electron chi connectivity index (χ4n) is 1.48. The minimum atomic E-state index is -1.16. The fraction of sp³-hybridized carbons (Fsp3) is 0.800. The van der Waals surface area contributed by atoms with E-state index in [-0.39, 0.29) is 24.9 Å². The molecule has 0 amide bonds. The Balaban J connectivity index is 2.45. The van der Waals surface area contributed by atoms with Crippen LogP contribution in [0.15, 0.2) is 4.99 Å². The maximum absolute atomic E-state index is 11.1. The third-order valence-corrected chi connectivity index (χ3v) is 2.41. The van der Waals surface area contributed by atoms with Gasteiger partial charge in [0.1, 0.15) is 24.9 Å². The van der Waals surface area contributed by atoms with Crippen LogP contribution in [0.4, 0.5) is 0 Å². The first-order valence-corrected chi connectivity index (χ1v) is 5.29. The highest BCUT2D eigenvalue weighted by Gasteiger charge is 2.36. The molecule has 1 aliphatic heterocycles. The molecule has 0 bridgehead atoms. The first-order chi connectivity index (χ1) is 7.60. The average Bonchev–Trinajstić information content (AvgIpc) is 2.54. The Hall–Kier alpha value is -0.980. The lowest BCUT2D eigenvalue weighted by atomic mass is 10.1. The summed E-state index contributed by atoms with van der Waals surface area (Å²) in [5.74, 6) is -0.362. The van der Waals surface area contributed by atoms with E-state index in [1.165, 1.54) is 0 Å². The van der Waals surface area contributed by atoms with E-state index >= 15 is 0 Å². The predicted octanol–water partition coefficient (Wildman–Crippen LogP) is -1.13. The quantitative estimate of drug-likeness (QED) is 0.520. The molecule has 3 N–H and O–H groups in total. The summed E-state index contributed by atoms with van der Waals surface area (Å²) in [6, 6.07) is -0.727. The normalized spacial score (nSPS) is 29.0. The molecule has 0 fully saturated rings. The van der Waals surface area contributed by atoms with Crippen molar-refractivity contribution in [1.29, 1.82) is 0 Å². The minimum absolute atomic E-state index is 0.131. The summed E-state index contributed by atoms with van der Waals surface area (Å²) in [4.78, 5) is 15.0. The predicted molar refractivity (Wildman–Crippen MR) is 56.2 cm³/mol. The molecule has 0 spiro atoms. The molecule has 0 saturated heterocycles. The number of hydrogen-bond donors (Lipinski definition) is 3. The van der Waals surface area contributed by atoms with Gasteiger partial charge < -0.3 is 20.1 Å². The zero-order valence-electron chi connectivity index (χ0n) is 9.17. The summed E-state index contributed by atoms with van der Waals surface area (Å²) in [7, 11) is 0. The van der Waals surface area contributed by atoms with E-state index in [4.69, 9.17) is 9.84 Å². The maximum Gasteiger partial charge on any atom is 0.306 e. The third-order valence-electron chi connectivity index (χ3n) is 2.41. The first kappa shape index (κ1) is 13.1. The fourth-order valence-corrected chi connectivity index (χ4v) is 1.48. The van der Waals surface area contributed by atoms with Gasteiger partial charge in [-0.05, 0) is 6.42 Å². The highest BCUT2D eigenvalue weighted by Crippen LogP contribution is 2.15. The Morgan fingerprint density at radius 2 is 2.19 bits per heavy atom. The van der Waals surface area contributed by atoms with Crippen molar-refractivity contribution in [1.82, 2.24) is 0 Å². The second kappa shape index (κ2) is 5.93. The molecule has 1 aliphatic rings. The van der Waals surface area contributed by atoms with Crippen LogP contribution in [0.3, 0.4) is 0 Å². The summed E-state index contributed by atoms with van der Waals surface area (Å²) in [6.07, 6.45) is -1.28. The molecule has 3 atom stereocenters. The van der Waals surface area contributed by atoms with Crippen LogP contribution in [0, 0.1) is 0 Å². The van der Waals surface area contributed by atoms with Gasteiger partial charge in [0.15, 0.2) is 0 Å². The van der Waals surface area contributed by atoms with Gasteiger partial charge in [-0.25, -0.2) is 0 Å². The zero-order chi connectivity index (χ0) is 12.1. The van der Waals surface area contributed by atoms with Crippen LogP contribution in [0.5, 0.6) is 0 Å². The van der Waals surface area contributed by atoms with Gasteiger partial charge in [-0.3, -0.25) is 9.79 Å². The van der Waals surface area contributed by atoms with Crippen LogP contribution in [0.1, 0.15) is 19.8 Å². The SMILES string of the molecule is CCCC(=O)OCC1=N[C@H](CO)[C@@H](O)[C@@H]1O. The Labute approximate surface area is 93.6 Å². The summed E-state index contributed by atoms with van der Waals surface area (Å²) in [6.45, 7) is 1.38. The molecule has 0 radical (unpaired) electrons. The van der Waals surface area contributed by atoms with E-state index in [0.29, 0.717) is 12.8 Å². The average molecular weight is 231 g/mol. The number of aliphatic imine (C=N–C) groups is 1. The zero-order valence-corrected chi connectivity index (χ0v) is 9.17. The number of carbonyl (C=O) groups is 1. The van der Waals surface area contributed by atoms with Gasteiger partial charge in [-0.15, -0.1) is 0 Å². The van der Waals surface area contributed by atoms with Gasteiger partial charge in [0.2, 0.25) is 0 Å². The van der Waals surface area contributed by atoms with Crippen LogP contribution in [-0.2, 0) is 9.53 Å². The molecule has 1 heterocycles. The van der Waals surface area contributed by atoms with Gasteiger partial charge in [0.05, 0.1) is 12.3 Å². The maximum atomic E-state index is 11.1. The van der Waals surface area contributed by atoms with Crippen molar-refractivity contribution in [2.75, 3.05) is 13.2 Å². The molecule has 0 aliphatic carbocycles. The van der Waals surface area contributed by atoms with Crippen LogP contribution in [0.25, 0.3) is 0 Å². The lowest BCUT2D eigenvalue weighted by Crippen LogP contribution is -2.36. The highest BCUT2D eigenvalue weighted by molar-refractivity contribution is 5.93. The van der Waals surface area contributed by atoms with Crippen molar-refractivity contribution < 1.29 is 24.9 Å². The van der Waals surface area contributed by atoms with Crippen LogP contribution >= 0.6 is 0 Å². The van der Waals surface area contributed by atoms with Crippen LogP contribution in [0.2, 0.25) is 0 Å². The third kappa shape index (κ3) is 3.01. The summed E-state index contributed by atoms with van der Waals surface area (Å²) >= 11 is 0. The molecule has 0 aromatic rings. The van der Waals surface area contributed by atoms with Crippen molar-refractivity contribution >= 4 is 11.7 Å². The number of aliphatic hydroxyl groups excluding tert-OH is 3. The number of carbonyl (C=O) groups excluding carboxylic acids is 1. The molecule has 6 heteroatoms. The summed E-state index contributed by atoms with van der Waals surface area (Å²) in [5, 5.41) is 27.8. The van der Waals surface area contributed by atoms with Gasteiger partial charge >= 0.3 is 5.97 Å². The van der Waals surface area contributed by atoms with Crippen molar-refractivity contribution in [2.45, 2.75) is 38.0 Å².